The topological polar surface area (TPSA) is 131 Å². The lowest BCUT2D eigenvalue weighted by atomic mass is 9.76. The van der Waals surface area contributed by atoms with Crippen LogP contribution in [0.15, 0.2) is 16.9 Å². The van der Waals surface area contributed by atoms with Crippen molar-refractivity contribution in [3.63, 3.8) is 0 Å². The van der Waals surface area contributed by atoms with Gasteiger partial charge >= 0.3 is 5.97 Å². The number of aromatic nitrogens is 2. The van der Waals surface area contributed by atoms with Gasteiger partial charge in [0, 0.05) is 35.5 Å². The minimum Gasteiger partial charge on any atom is -0.458 e. The van der Waals surface area contributed by atoms with Gasteiger partial charge in [-0.1, -0.05) is 6.92 Å². The van der Waals surface area contributed by atoms with E-state index in [1.54, 1.807) is 24.5 Å². The zero-order valence-corrected chi connectivity index (χ0v) is 21.2. The van der Waals surface area contributed by atoms with E-state index in [1.165, 1.54) is 6.07 Å². The molecule has 198 valence electrons. The van der Waals surface area contributed by atoms with Gasteiger partial charge in [-0.3, -0.25) is 9.59 Å². The second kappa shape index (κ2) is 8.71. The number of pyridine rings is 2. The molecule has 4 heterocycles. The smallest absolute Gasteiger partial charge is 0.343 e. The van der Waals surface area contributed by atoms with Crippen molar-refractivity contribution in [3.05, 3.63) is 61.7 Å². The lowest BCUT2D eigenvalue weighted by Crippen LogP contribution is -2.44. The van der Waals surface area contributed by atoms with Gasteiger partial charge < -0.3 is 24.8 Å². The largest absolute Gasteiger partial charge is 0.458 e. The van der Waals surface area contributed by atoms with Gasteiger partial charge in [0.2, 0.25) is 5.91 Å². The van der Waals surface area contributed by atoms with Gasteiger partial charge in [-0.05, 0) is 54.9 Å². The van der Waals surface area contributed by atoms with E-state index >= 15 is 0 Å². The zero-order chi connectivity index (χ0) is 26.9. The molecule has 3 aliphatic rings. The molecule has 1 aliphatic carbocycles. The predicted octanol–water partition coefficient (Wildman–Crippen LogP) is 2.06. The lowest BCUT2D eigenvalue weighted by molar-refractivity contribution is -0.172. The molecule has 0 radical (unpaired) electrons. The van der Waals surface area contributed by atoms with Gasteiger partial charge in [-0.2, -0.15) is 0 Å². The number of ether oxygens (including phenoxy) is 1. The molecule has 2 atom stereocenters. The summed E-state index contributed by atoms with van der Waals surface area (Å²) in [5, 5.41) is 23.8. The van der Waals surface area contributed by atoms with Crippen LogP contribution >= 0.6 is 0 Å². The van der Waals surface area contributed by atoms with Gasteiger partial charge in [-0.15, -0.1) is 0 Å². The van der Waals surface area contributed by atoms with Gasteiger partial charge in [0.05, 0.1) is 35.6 Å². The Kier molecular flexibility index (Phi) is 5.66. The van der Waals surface area contributed by atoms with Crippen LogP contribution in [-0.4, -0.2) is 44.8 Å². The maximum atomic E-state index is 15.0. The van der Waals surface area contributed by atoms with Crippen molar-refractivity contribution in [2.75, 3.05) is 13.2 Å². The van der Waals surface area contributed by atoms with E-state index in [1.807, 2.05) is 0 Å². The fraction of sp³-hybridized carbons (Fsp3) is 0.429. The van der Waals surface area contributed by atoms with Crippen molar-refractivity contribution in [1.29, 1.82) is 0 Å². The van der Waals surface area contributed by atoms with Crippen LogP contribution in [0.1, 0.15) is 65.5 Å². The Hall–Kier alpha value is -3.63. The molecule has 10 heteroatoms. The minimum atomic E-state index is -1.94. The first-order valence-electron chi connectivity index (χ1n) is 12.9. The van der Waals surface area contributed by atoms with Gasteiger partial charge in [0.1, 0.15) is 12.4 Å². The molecule has 0 fully saturated rings. The summed E-state index contributed by atoms with van der Waals surface area (Å²) in [6, 6.07) is 3.03. The number of nitrogens with zero attached hydrogens (tertiary/aromatic N) is 2. The number of hydrogen-bond acceptors (Lipinski definition) is 7. The minimum absolute atomic E-state index is 0.0316. The molecule has 0 unspecified atom stereocenters. The van der Waals surface area contributed by atoms with Crippen molar-refractivity contribution >= 4 is 22.8 Å². The molecule has 1 aromatic carbocycles. The molecular weight excluding hydrogens is 493 g/mol. The number of rotatable bonds is 5. The fourth-order valence-electron chi connectivity index (χ4n) is 6.35. The van der Waals surface area contributed by atoms with Crippen LogP contribution in [0.25, 0.3) is 22.3 Å². The third-order valence-electron chi connectivity index (χ3n) is 8.36. The molecule has 6 rings (SSSR count). The first-order valence-corrected chi connectivity index (χ1v) is 12.9. The molecule has 38 heavy (non-hydrogen) atoms. The number of aliphatic hydroxyl groups excluding tert-OH is 1. The highest BCUT2D eigenvalue weighted by molar-refractivity contribution is 5.94. The third kappa shape index (κ3) is 3.36. The number of halogens is 1. The maximum absolute atomic E-state index is 15.0. The van der Waals surface area contributed by atoms with Crippen LogP contribution in [0.2, 0.25) is 0 Å². The van der Waals surface area contributed by atoms with E-state index in [0.717, 1.165) is 22.1 Å². The van der Waals surface area contributed by atoms with E-state index < -0.39 is 11.6 Å². The van der Waals surface area contributed by atoms with Crippen LogP contribution in [0, 0.1) is 12.7 Å². The lowest BCUT2D eigenvalue weighted by Gasteiger charge is -2.31. The highest BCUT2D eigenvalue weighted by Gasteiger charge is 2.46. The monoisotopic (exact) mass is 521 g/mol. The van der Waals surface area contributed by atoms with Crippen molar-refractivity contribution in [1.82, 2.24) is 14.9 Å². The normalized spacial score (nSPS) is 21.1. The van der Waals surface area contributed by atoms with Crippen LogP contribution in [0.4, 0.5) is 4.39 Å². The Morgan fingerprint density at radius 3 is 2.82 bits per heavy atom. The van der Waals surface area contributed by atoms with Gasteiger partial charge in [0.25, 0.3) is 5.56 Å². The number of benzene rings is 1. The molecule has 0 bridgehead atoms. The molecule has 1 amide bonds. The Balaban J connectivity index is 1.60. The van der Waals surface area contributed by atoms with Crippen LogP contribution < -0.4 is 10.9 Å². The average molecular weight is 522 g/mol. The van der Waals surface area contributed by atoms with Crippen molar-refractivity contribution in [2.24, 2.45) is 0 Å². The SMILES string of the molecule is CC[C@@]1(O)C(=O)OCc2c1cc1n(c2=O)Cc2c-1nc1cc(F)c(C)c3c1c2[C@H](CC(=O)NCCO)CC3. The number of carbonyl (C=O) groups excluding carboxylic acids is 2. The number of cyclic esters (lactones) is 1. The van der Waals surface area contributed by atoms with E-state index in [0.29, 0.717) is 35.3 Å². The highest BCUT2D eigenvalue weighted by Crippen LogP contribution is 2.47. The Morgan fingerprint density at radius 2 is 2.08 bits per heavy atom. The van der Waals surface area contributed by atoms with E-state index in [-0.39, 0.29) is 73.5 Å². The van der Waals surface area contributed by atoms with E-state index in [9.17, 15) is 23.9 Å². The van der Waals surface area contributed by atoms with E-state index in [4.69, 9.17) is 14.8 Å². The second-order valence-electron chi connectivity index (χ2n) is 10.3. The summed E-state index contributed by atoms with van der Waals surface area (Å²) < 4.78 is 21.7. The van der Waals surface area contributed by atoms with Crippen molar-refractivity contribution < 1.29 is 28.9 Å². The summed E-state index contributed by atoms with van der Waals surface area (Å²) in [6.45, 7) is 3.36. The summed E-state index contributed by atoms with van der Waals surface area (Å²) in [5.74, 6) is -1.55. The predicted molar refractivity (Wildman–Crippen MR) is 135 cm³/mol. The number of fused-ring (bicyclic) bond motifs is 5. The average Bonchev–Trinajstić information content (AvgIpc) is 3.27. The summed E-state index contributed by atoms with van der Waals surface area (Å²) in [4.78, 5) is 43.6. The molecule has 0 saturated carbocycles. The number of nitrogens with one attached hydrogen (secondary N) is 1. The van der Waals surface area contributed by atoms with Crippen molar-refractivity contribution in [2.45, 2.75) is 64.2 Å². The third-order valence-corrected chi connectivity index (χ3v) is 8.36. The Labute approximate surface area is 217 Å². The summed E-state index contributed by atoms with van der Waals surface area (Å²) in [7, 11) is 0. The highest BCUT2D eigenvalue weighted by atomic mass is 19.1. The number of hydrogen-bond donors (Lipinski definition) is 3. The summed E-state index contributed by atoms with van der Waals surface area (Å²) in [5.41, 5.74) is 2.58. The summed E-state index contributed by atoms with van der Waals surface area (Å²) in [6.07, 6.45) is 1.43. The van der Waals surface area contributed by atoms with Gasteiger partial charge in [-0.25, -0.2) is 14.2 Å². The molecule has 2 aromatic heterocycles. The number of aliphatic hydroxyl groups is 2. The van der Waals surface area contributed by atoms with E-state index in [2.05, 4.69) is 5.32 Å². The quantitative estimate of drug-likeness (QED) is 0.343. The fourth-order valence-corrected chi connectivity index (χ4v) is 6.35. The zero-order valence-electron chi connectivity index (χ0n) is 21.2. The van der Waals surface area contributed by atoms with Crippen LogP contribution in [0.5, 0.6) is 0 Å². The number of amides is 1. The molecule has 3 aromatic rings. The van der Waals surface area contributed by atoms with Crippen molar-refractivity contribution in [3.8, 4) is 11.4 Å². The first kappa shape index (κ1) is 24.7. The molecule has 0 saturated heterocycles. The number of esters is 1. The van der Waals surface area contributed by atoms with Gasteiger partial charge in [0.15, 0.2) is 5.60 Å². The maximum Gasteiger partial charge on any atom is 0.343 e. The Bertz CT molecular complexity index is 1610. The first-order chi connectivity index (χ1) is 18.2. The van der Waals surface area contributed by atoms with Crippen LogP contribution in [0.3, 0.4) is 0 Å². The molecule has 2 aliphatic heterocycles. The number of carbonyl (C=O) groups is 2. The molecule has 3 N–H and O–H groups in total. The standard InChI is InChI=1S/C28H28FN3O6/c1-3-28(37)18-9-21-25-16(11-32(21)26(35)17(18)12-38-27(28)36)23-14(8-22(34)30-6-7-33)4-5-15-13(2)19(29)10-20(31-25)24(15)23/h9-10,14,33,37H,3-8,11-12H2,1-2H3,(H,30,34)/t14-,28-/m0/s1. The molecule has 9 nitrogen and oxygen atoms in total. The molecule has 0 spiro atoms. The Morgan fingerprint density at radius 1 is 1.29 bits per heavy atom. The summed E-state index contributed by atoms with van der Waals surface area (Å²) >= 11 is 0. The molecular formula is C28H28FN3O6. The van der Waals surface area contributed by atoms with Crippen LogP contribution in [-0.2, 0) is 39.5 Å². The second-order valence-corrected chi connectivity index (χ2v) is 10.3. The number of aryl methyl sites for hydroxylation is 1.